The van der Waals surface area contributed by atoms with Crippen LogP contribution in [0.1, 0.15) is 27.7 Å². The first-order chi connectivity index (χ1) is 7.13. The van der Waals surface area contributed by atoms with Crippen LogP contribution in [0.15, 0.2) is 0 Å². The summed E-state index contributed by atoms with van der Waals surface area (Å²) in [5.41, 5.74) is 0. The van der Waals surface area contributed by atoms with Gasteiger partial charge in [0.1, 0.15) is 0 Å². The fourth-order valence-electron chi connectivity index (χ4n) is 1.83. The molecule has 0 radical (unpaired) electrons. The van der Waals surface area contributed by atoms with E-state index in [0.717, 1.165) is 32.2 Å². The van der Waals surface area contributed by atoms with Crippen molar-refractivity contribution >= 4 is 0 Å². The minimum absolute atomic E-state index is 0.457. The second kappa shape index (κ2) is 9.13. The average molecular weight is 216 g/mol. The second-order valence-electron chi connectivity index (χ2n) is 4.46. The molecule has 15 heavy (non-hydrogen) atoms. The molecule has 0 saturated heterocycles. The number of methoxy groups -OCH3 is 1. The lowest BCUT2D eigenvalue weighted by molar-refractivity contribution is 0.136. The highest BCUT2D eigenvalue weighted by atomic mass is 16.5. The highest BCUT2D eigenvalue weighted by Crippen LogP contribution is 2.00. The Labute approximate surface area is 95.2 Å². The van der Waals surface area contributed by atoms with Crippen LogP contribution in [0.3, 0.4) is 0 Å². The number of likely N-dealkylation sites (N-methyl/N-ethyl adjacent to an activating group) is 2. The Bertz CT molecular complexity index is 134. The molecule has 0 saturated carbocycles. The van der Waals surface area contributed by atoms with Crippen LogP contribution >= 0.6 is 0 Å². The van der Waals surface area contributed by atoms with E-state index in [4.69, 9.17) is 4.74 Å². The summed E-state index contributed by atoms with van der Waals surface area (Å²) in [6.45, 7) is 14.1. The molecule has 92 valence electrons. The zero-order valence-electron chi connectivity index (χ0n) is 11.0. The molecule has 0 aromatic rings. The SMILES string of the molecule is CCNC(COC)CN(CC)CC(C)C. The lowest BCUT2D eigenvalue weighted by Crippen LogP contribution is -2.44. The van der Waals surface area contributed by atoms with Gasteiger partial charge in [-0.3, -0.25) is 0 Å². The number of hydrogen-bond donors (Lipinski definition) is 1. The quantitative estimate of drug-likeness (QED) is 0.633. The summed E-state index contributed by atoms with van der Waals surface area (Å²) in [5.74, 6) is 0.731. The summed E-state index contributed by atoms with van der Waals surface area (Å²) < 4.78 is 5.22. The largest absolute Gasteiger partial charge is 0.383 e. The van der Waals surface area contributed by atoms with E-state index in [1.807, 2.05) is 0 Å². The molecule has 3 heteroatoms. The molecule has 0 aromatic carbocycles. The Hall–Kier alpha value is -0.120. The third-order valence-electron chi connectivity index (χ3n) is 2.41. The summed E-state index contributed by atoms with van der Waals surface area (Å²) in [6.07, 6.45) is 0. The van der Waals surface area contributed by atoms with Crippen LogP contribution in [-0.2, 0) is 4.74 Å². The van der Waals surface area contributed by atoms with E-state index < -0.39 is 0 Å². The first-order valence-electron chi connectivity index (χ1n) is 6.08. The fraction of sp³-hybridized carbons (Fsp3) is 1.00. The molecule has 0 fully saturated rings. The Balaban J connectivity index is 3.96. The van der Waals surface area contributed by atoms with Gasteiger partial charge < -0.3 is 15.0 Å². The number of nitrogens with one attached hydrogen (secondary N) is 1. The second-order valence-corrected chi connectivity index (χ2v) is 4.46. The van der Waals surface area contributed by atoms with Crippen LogP contribution in [-0.4, -0.2) is 50.8 Å². The normalized spacial score (nSPS) is 13.8. The zero-order chi connectivity index (χ0) is 11.7. The molecule has 0 aliphatic heterocycles. The zero-order valence-corrected chi connectivity index (χ0v) is 11.0. The van der Waals surface area contributed by atoms with E-state index >= 15 is 0 Å². The van der Waals surface area contributed by atoms with Crippen LogP contribution in [0, 0.1) is 5.92 Å². The minimum Gasteiger partial charge on any atom is -0.383 e. The van der Waals surface area contributed by atoms with Crippen LogP contribution < -0.4 is 5.32 Å². The van der Waals surface area contributed by atoms with Crippen molar-refractivity contribution in [2.45, 2.75) is 33.7 Å². The maximum atomic E-state index is 5.22. The van der Waals surface area contributed by atoms with Gasteiger partial charge >= 0.3 is 0 Å². The molecule has 0 amide bonds. The van der Waals surface area contributed by atoms with Gasteiger partial charge in [-0.1, -0.05) is 27.7 Å². The summed E-state index contributed by atoms with van der Waals surface area (Å²) >= 11 is 0. The topological polar surface area (TPSA) is 24.5 Å². The maximum Gasteiger partial charge on any atom is 0.0628 e. The molecule has 0 aromatic heterocycles. The highest BCUT2D eigenvalue weighted by molar-refractivity contribution is 4.71. The van der Waals surface area contributed by atoms with Crippen molar-refractivity contribution in [1.29, 1.82) is 0 Å². The monoisotopic (exact) mass is 216 g/mol. The number of ether oxygens (including phenoxy) is 1. The van der Waals surface area contributed by atoms with Crippen molar-refractivity contribution in [3.05, 3.63) is 0 Å². The van der Waals surface area contributed by atoms with Gasteiger partial charge in [0, 0.05) is 26.2 Å². The third-order valence-corrected chi connectivity index (χ3v) is 2.41. The van der Waals surface area contributed by atoms with Crippen molar-refractivity contribution < 1.29 is 4.74 Å². The maximum absolute atomic E-state index is 5.22. The van der Waals surface area contributed by atoms with Crippen LogP contribution in [0.25, 0.3) is 0 Å². The van der Waals surface area contributed by atoms with Gasteiger partial charge in [0.15, 0.2) is 0 Å². The van der Waals surface area contributed by atoms with Crippen LogP contribution in [0.2, 0.25) is 0 Å². The lowest BCUT2D eigenvalue weighted by Gasteiger charge is -2.27. The molecule has 0 bridgehead atoms. The summed E-state index contributed by atoms with van der Waals surface area (Å²) in [4.78, 5) is 2.48. The Morgan fingerprint density at radius 2 is 1.87 bits per heavy atom. The molecule has 0 aliphatic rings. The van der Waals surface area contributed by atoms with E-state index in [1.165, 1.54) is 6.54 Å². The molecular weight excluding hydrogens is 188 g/mol. The highest BCUT2D eigenvalue weighted by Gasteiger charge is 2.12. The van der Waals surface area contributed by atoms with Gasteiger partial charge in [-0.25, -0.2) is 0 Å². The minimum atomic E-state index is 0.457. The van der Waals surface area contributed by atoms with E-state index in [1.54, 1.807) is 7.11 Å². The molecule has 0 rings (SSSR count). The van der Waals surface area contributed by atoms with Gasteiger partial charge in [0.05, 0.1) is 6.61 Å². The van der Waals surface area contributed by atoms with Crippen molar-refractivity contribution in [3.63, 3.8) is 0 Å². The fourth-order valence-corrected chi connectivity index (χ4v) is 1.83. The van der Waals surface area contributed by atoms with E-state index in [0.29, 0.717) is 6.04 Å². The average Bonchev–Trinajstić information content (AvgIpc) is 2.16. The van der Waals surface area contributed by atoms with Crippen molar-refractivity contribution in [2.75, 3.05) is 39.9 Å². The van der Waals surface area contributed by atoms with E-state index in [2.05, 4.69) is 37.9 Å². The smallest absolute Gasteiger partial charge is 0.0628 e. The molecule has 1 atom stereocenters. The Morgan fingerprint density at radius 1 is 1.20 bits per heavy atom. The number of rotatable bonds is 9. The van der Waals surface area contributed by atoms with E-state index in [-0.39, 0.29) is 0 Å². The van der Waals surface area contributed by atoms with Gasteiger partial charge in [0.25, 0.3) is 0 Å². The molecule has 0 heterocycles. The molecule has 0 aliphatic carbocycles. The summed E-state index contributed by atoms with van der Waals surface area (Å²) in [7, 11) is 1.77. The van der Waals surface area contributed by atoms with Crippen molar-refractivity contribution in [2.24, 2.45) is 5.92 Å². The molecule has 3 nitrogen and oxygen atoms in total. The molecule has 1 unspecified atom stereocenters. The van der Waals surface area contributed by atoms with Gasteiger partial charge in [-0.2, -0.15) is 0 Å². The predicted octanol–water partition coefficient (Wildman–Crippen LogP) is 1.59. The molecular formula is C12H28N2O. The predicted molar refractivity (Wildman–Crippen MR) is 66.3 cm³/mol. The van der Waals surface area contributed by atoms with Crippen molar-refractivity contribution in [1.82, 2.24) is 10.2 Å². The summed E-state index contributed by atoms with van der Waals surface area (Å²) in [5, 5.41) is 3.45. The van der Waals surface area contributed by atoms with E-state index in [9.17, 15) is 0 Å². The third kappa shape index (κ3) is 7.77. The first-order valence-corrected chi connectivity index (χ1v) is 6.08. The van der Waals surface area contributed by atoms with Gasteiger partial charge in [-0.05, 0) is 19.0 Å². The summed E-state index contributed by atoms with van der Waals surface area (Å²) in [6, 6.07) is 0.457. The molecule has 0 spiro atoms. The Kier molecular flexibility index (Phi) is 9.06. The van der Waals surface area contributed by atoms with Gasteiger partial charge in [-0.15, -0.1) is 0 Å². The first kappa shape index (κ1) is 14.9. The number of hydrogen-bond acceptors (Lipinski definition) is 3. The van der Waals surface area contributed by atoms with Crippen molar-refractivity contribution in [3.8, 4) is 0 Å². The standard InChI is InChI=1S/C12H28N2O/c1-6-13-12(10-15-5)9-14(7-2)8-11(3)4/h11-13H,6-10H2,1-5H3. The van der Waals surface area contributed by atoms with Gasteiger partial charge in [0.2, 0.25) is 0 Å². The number of nitrogens with zero attached hydrogens (tertiary/aromatic N) is 1. The van der Waals surface area contributed by atoms with Crippen LogP contribution in [0.4, 0.5) is 0 Å². The van der Waals surface area contributed by atoms with Crippen LogP contribution in [0.5, 0.6) is 0 Å². The lowest BCUT2D eigenvalue weighted by atomic mass is 10.2. The Morgan fingerprint density at radius 3 is 2.27 bits per heavy atom. The molecule has 1 N–H and O–H groups in total.